The summed E-state index contributed by atoms with van der Waals surface area (Å²) in [4.78, 5) is 2.37. The number of ether oxygens (including phenoxy) is 2. The van der Waals surface area contributed by atoms with Crippen molar-refractivity contribution in [1.29, 1.82) is 0 Å². The molecular weight excluding hydrogens is 345 g/mol. The highest BCUT2D eigenvalue weighted by Gasteiger charge is 2.29. The maximum absolute atomic E-state index is 12.4. The minimum absolute atomic E-state index is 0.116. The summed E-state index contributed by atoms with van der Waals surface area (Å²) in [7, 11) is 0. The summed E-state index contributed by atoms with van der Waals surface area (Å²) in [5, 5.41) is 3.52. The highest BCUT2D eigenvalue weighted by molar-refractivity contribution is 5.43. The first-order valence-electron chi connectivity index (χ1n) is 8.93. The van der Waals surface area contributed by atoms with Crippen LogP contribution >= 0.6 is 0 Å². The average Bonchev–Trinajstić information content (AvgIpc) is 2.60. The molecule has 2 rings (SSSR count). The van der Waals surface area contributed by atoms with Gasteiger partial charge in [-0.2, -0.15) is 13.2 Å². The molecule has 1 aromatic rings. The standard InChI is InChI=1S/C19H27F3N2O2/c1-3-9-24-10-7-16(8-11-24)23-13-15-5-6-17(18(12-15)25-4-2)26-14-19(20,21)22/h3,5-6,12,16,23H,1,4,7-11,13-14H2,2H3. The lowest BCUT2D eigenvalue weighted by Gasteiger charge is -2.31. The van der Waals surface area contributed by atoms with Crippen LogP contribution in [0.4, 0.5) is 13.2 Å². The SMILES string of the molecule is C=CCN1CCC(NCc2ccc(OCC(F)(F)F)c(OCC)c2)CC1. The number of benzene rings is 1. The third kappa shape index (κ3) is 6.88. The lowest BCUT2D eigenvalue weighted by atomic mass is 10.0. The van der Waals surface area contributed by atoms with E-state index in [0.717, 1.165) is 38.0 Å². The van der Waals surface area contributed by atoms with Crippen molar-refractivity contribution in [3.8, 4) is 11.5 Å². The molecule has 7 heteroatoms. The molecule has 0 bridgehead atoms. The molecule has 1 aliphatic rings. The molecule has 0 atom stereocenters. The van der Waals surface area contributed by atoms with E-state index in [1.54, 1.807) is 25.1 Å². The predicted octanol–water partition coefficient (Wildman–Crippen LogP) is 3.77. The zero-order valence-electron chi connectivity index (χ0n) is 15.1. The molecule has 1 heterocycles. The number of alkyl halides is 3. The Bertz CT molecular complexity index is 570. The van der Waals surface area contributed by atoms with Gasteiger partial charge in [-0.05, 0) is 50.6 Å². The first-order valence-corrected chi connectivity index (χ1v) is 8.93. The number of halogens is 3. The first kappa shape index (κ1) is 20.6. The molecule has 146 valence electrons. The van der Waals surface area contributed by atoms with Crippen LogP contribution in [0.2, 0.25) is 0 Å². The molecule has 0 unspecified atom stereocenters. The van der Waals surface area contributed by atoms with Crippen molar-refractivity contribution in [2.75, 3.05) is 32.8 Å². The zero-order chi connectivity index (χ0) is 19.0. The van der Waals surface area contributed by atoms with Crippen LogP contribution in [0.1, 0.15) is 25.3 Å². The van der Waals surface area contributed by atoms with E-state index in [2.05, 4.69) is 16.8 Å². The van der Waals surface area contributed by atoms with Crippen LogP contribution < -0.4 is 14.8 Å². The van der Waals surface area contributed by atoms with Crippen molar-refractivity contribution < 1.29 is 22.6 Å². The maximum Gasteiger partial charge on any atom is 0.422 e. The van der Waals surface area contributed by atoms with Gasteiger partial charge in [-0.15, -0.1) is 6.58 Å². The second-order valence-corrected chi connectivity index (χ2v) is 6.36. The smallest absolute Gasteiger partial charge is 0.422 e. The molecule has 1 fully saturated rings. The highest BCUT2D eigenvalue weighted by atomic mass is 19.4. The van der Waals surface area contributed by atoms with Gasteiger partial charge in [0.1, 0.15) is 0 Å². The van der Waals surface area contributed by atoms with Gasteiger partial charge in [-0.3, -0.25) is 4.90 Å². The van der Waals surface area contributed by atoms with Crippen molar-refractivity contribution in [3.05, 3.63) is 36.4 Å². The number of rotatable bonds is 9. The summed E-state index contributed by atoms with van der Waals surface area (Å²) < 4.78 is 47.4. The Morgan fingerprint density at radius 1 is 1.23 bits per heavy atom. The Hall–Kier alpha value is -1.73. The minimum Gasteiger partial charge on any atom is -0.490 e. The first-order chi connectivity index (χ1) is 12.4. The van der Waals surface area contributed by atoms with E-state index >= 15 is 0 Å². The van der Waals surface area contributed by atoms with Crippen LogP contribution in [0, 0.1) is 0 Å². The number of hydrogen-bond donors (Lipinski definition) is 1. The summed E-state index contributed by atoms with van der Waals surface area (Å²) in [6.45, 7) is 8.23. The second-order valence-electron chi connectivity index (χ2n) is 6.36. The van der Waals surface area contributed by atoms with Crippen LogP contribution in [0.25, 0.3) is 0 Å². The molecular formula is C19H27F3N2O2. The largest absolute Gasteiger partial charge is 0.490 e. The number of nitrogens with one attached hydrogen (secondary N) is 1. The fourth-order valence-electron chi connectivity index (χ4n) is 2.97. The van der Waals surface area contributed by atoms with Crippen LogP contribution in [0.5, 0.6) is 11.5 Å². The van der Waals surface area contributed by atoms with E-state index in [1.165, 1.54) is 0 Å². The summed E-state index contributed by atoms with van der Waals surface area (Å²) in [5.74, 6) is 0.461. The molecule has 0 radical (unpaired) electrons. The summed E-state index contributed by atoms with van der Waals surface area (Å²) >= 11 is 0. The Kier molecular flexibility index (Phi) is 7.78. The van der Waals surface area contributed by atoms with Crippen LogP contribution in [-0.2, 0) is 6.54 Å². The van der Waals surface area contributed by atoms with Crippen molar-refractivity contribution >= 4 is 0 Å². The number of likely N-dealkylation sites (tertiary alicyclic amines) is 1. The predicted molar refractivity (Wildman–Crippen MR) is 95.7 cm³/mol. The van der Waals surface area contributed by atoms with Gasteiger partial charge < -0.3 is 14.8 Å². The Morgan fingerprint density at radius 3 is 2.58 bits per heavy atom. The minimum atomic E-state index is -4.37. The lowest BCUT2D eigenvalue weighted by Crippen LogP contribution is -2.42. The van der Waals surface area contributed by atoms with Crippen molar-refractivity contribution in [2.24, 2.45) is 0 Å². The van der Waals surface area contributed by atoms with E-state index in [-0.39, 0.29) is 5.75 Å². The van der Waals surface area contributed by atoms with Crippen LogP contribution in [0.15, 0.2) is 30.9 Å². The second kappa shape index (κ2) is 9.83. The van der Waals surface area contributed by atoms with Crippen molar-refractivity contribution in [1.82, 2.24) is 10.2 Å². The number of nitrogens with zero attached hydrogens (tertiary/aromatic N) is 1. The normalized spacial score (nSPS) is 16.5. The number of piperidine rings is 1. The molecule has 1 aromatic carbocycles. The summed E-state index contributed by atoms with van der Waals surface area (Å²) in [5.41, 5.74) is 0.960. The summed E-state index contributed by atoms with van der Waals surface area (Å²) in [6, 6.07) is 5.50. The quantitative estimate of drug-likeness (QED) is 0.669. The number of hydrogen-bond acceptors (Lipinski definition) is 4. The molecule has 0 aromatic heterocycles. The van der Waals surface area contributed by atoms with E-state index in [9.17, 15) is 13.2 Å². The molecule has 1 aliphatic heterocycles. The van der Waals surface area contributed by atoms with Gasteiger partial charge in [0.05, 0.1) is 6.61 Å². The van der Waals surface area contributed by atoms with E-state index < -0.39 is 12.8 Å². The van der Waals surface area contributed by atoms with Gasteiger partial charge in [0.15, 0.2) is 18.1 Å². The van der Waals surface area contributed by atoms with Crippen LogP contribution in [0.3, 0.4) is 0 Å². The molecule has 0 saturated carbocycles. The topological polar surface area (TPSA) is 33.7 Å². The van der Waals surface area contributed by atoms with Gasteiger partial charge in [0, 0.05) is 19.1 Å². The Morgan fingerprint density at radius 2 is 1.96 bits per heavy atom. The van der Waals surface area contributed by atoms with Gasteiger partial charge in [0.25, 0.3) is 0 Å². The van der Waals surface area contributed by atoms with E-state index in [4.69, 9.17) is 9.47 Å². The van der Waals surface area contributed by atoms with Gasteiger partial charge >= 0.3 is 6.18 Å². The summed E-state index contributed by atoms with van der Waals surface area (Å²) in [6.07, 6.45) is -0.312. The van der Waals surface area contributed by atoms with Gasteiger partial charge in [0.2, 0.25) is 0 Å². The maximum atomic E-state index is 12.4. The van der Waals surface area contributed by atoms with Gasteiger partial charge in [-0.25, -0.2) is 0 Å². The van der Waals surface area contributed by atoms with Crippen LogP contribution in [-0.4, -0.2) is 50.0 Å². The molecule has 26 heavy (non-hydrogen) atoms. The highest BCUT2D eigenvalue weighted by Crippen LogP contribution is 2.30. The molecule has 0 aliphatic carbocycles. The molecule has 4 nitrogen and oxygen atoms in total. The molecule has 1 N–H and O–H groups in total. The van der Waals surface area contributed by atoms with Crippen molar-refractivity contribution in [2.45, 2.75) is 38.5 Å². The van der Waals surface area contributed by atoms with E-state index in [1.807, 2.05) is 6.08 Å². The fraction of sp³-hybridized carbons (Fsp3) is 0.579. The van der Waals surface area contributed by atoms with E-state index in [0.29, 0.717) is 24.9 Å². The lowest BCUT2D eigenvalue weighted by molar-refractivity contribution is -0.153. The van der Waals surface area contributed by atoms with Gasteiger partial charge in [-0.1, -0.05) is 12.1 Å². The zero-order valence-corrected chi connectivity index (χ0v) is 15.1. The third-order valence-electron chi connectivity index (χ3n) is 4.27. The Balaban J connectivity index is 1.89. The molecule has 0 amide bonds. The molecule has 1 saturated heterocycles. The fourth-order valence-corrected chi connectivity index (χ4v) is 2.97. The Labute approximate surface area is 153 Å². The monoisotopic (exact) mass is 372 g/mol. The molecule has 0 spiro atoms. The average molecular weight is 372 g/mol. The van der Waals surface area contributed by atoms with Crippen molar-refractivity contribution in [3.63, 3.8) is 0 Å². The third-order valence-corrected chi connectivity index (χ3v) is 4.27.